The van der Waals surface area contributed by atoms with Gasteiger partial charge in [0.15, 0.2) is 0 Å². The molecule has 1 aliphatic rings. The van der Waals surface area contributed by atoms with Gasteiger partial charge in [0.2, 0.25) is 0 Å². The summed E-state index contributed by atoms with van der Waals surface area (Å²) in [4.78, 5) is 16.5. The Morgan fingerprint density at radius 3 is 2.44 bits per heavy atom. The SMILES string of the molecule is Br.Br.O=[N+]([O-])c1cnc(Br)cc1N1CCCCC1. The van der Waals surface area contributed by atoms with Crippen molar-refractivity contribution >= 4 is 61.3 Å². The van der Waals surface area contributed by atoms with Crippen LogP contribution in [0.1, 0.15) is 19.3 Å². The van der Waals surface area contributed by atoms with Gasteiger partial charge in [-0.05, 0) is 35.2 Å². The van der Waals surface area contributed by atoms with Crippen molar-refractivity contribution in [3.8, 4) is 0 Å². The molecule has 102 valence electrons. The van der Waals surface area contributed by atoms with E-state index in [0.29, 0.717) is 10.3 Å². The van der Waals surface area contributed by atoms with Crippen molar-refractivity contribution in [2.45, 2.75) is 19.3 Å². The van der Waals surface area contributed by atoms with Gasteiger partial charge >= 0.3 is 5.69 Å². The third-order valence-corrected chi connectivity index (χ3v) is 3.16. The minimum Gasteiger partial charge on any atom is -0.366 e. The van der Waals surface area contributed by atoms with Crippen LogP contribution in [0.5, 0.6) is 0 Å². The normalized spacial score (nSPS) is 14.4. The largest absolute Gasteiger partial charge is 0.366 e. The molecule has 0 radical (unpaired) electrons. The van der Waals surface area contributed by atoms with Crippen molar-refractivity contribution in [3.63, 3.8) is 0 Å². The van der Waals surface area contributed by atoms with E-state index in [2.05, 4.69) is 25.8 Å². The van der Waals surface area contributed by atoms with Crippen molar-refractivity contribution in [1.82, 2.24) is 4.98 Å². The predicted molar refractivity (Wildman–Crippen MR) is 85.3 cm³/mol. The quantitative estimate of drug-likeness (QED) is 0.392. The van der Waals surface area contributed by atoms with Gasteiger partial charge in [-0.1, -0.05) is 0 Å². The lowest BCUT2D eigenvalue weighted by Gasteiger charge is -2.28. The topological polar surface area (TPSA) is 59.3 Å². The Morgan fingerprint density at radius 2 is 1.89 bits per heavy atom. The molecule has 0 N–H and O–H groups in total. The number of hydrogen-bond donors (Lipinski definition) is 0. The molecule has 8 heteroatoms. The van der Waals surface area contributed by atoms with E-state index in [0.717, 1.165) is 25.9 Å². The fourth-order valence-corrected chi connectivity index (χ4v) is 2.26. The van der Waals surface area contributed by atoms with E-state index < -0.39 is 0 Å². The zero-order chi connectivity index (χ0) is 11.5. The van der Waals surface area contributed by atoms with Crippen molar-refractivity contribution in [3.05, 3.63) is 27.0 Å². The molecule has 2 heterocycles. The van der Waals surface area contributed by atoms with E-state index in [9.17, 15) is 10.1 Å². The molecule has 0 aliphatic carbocycles. The second-order valence-electron chi connectivity index (χ2n) is 3.80. The smallest absolute Gasteiger partial charge is 0.310 e. The molecule has 0 aromatic carbocycles. The summed E-state index contributed by atoms with van der Waals surface area (Å²) in [7, 11) is 0. The van der Waals surface area contributed by atoms with Crippen LogP contribution >= 0.6 is 49.9 Å². The molecular weight excluding hydrogens is 434 g/mol. The molecule has 1 fully saturated rings. The van der Waals surface area contributed by atoms with Gasteiger partial charge in [0.1, 0.15) is 16.5 Å². The van der Waals surface area contributed by atoms with Crippen LogP contribution in [0.3, 0.4) is 0 Å². The first-order valence-corrected chi connectivity index (χ1v) is 6.02. The molecule has 18 heavy (non-hydrogen) atoms. The predicted octanol–water partition coefficient (Wildman–Crippen LogP) is 3.90. The summed E-state index contributed by atoms with van der Waals surface area (Å²) in [5.41, 5.74) is 0.761. The van der Waals surface area contributed by atoms with E-state index in [-0.39, 0.29) is 44.6 Å². The molecule has 0 saturated carbocycles. The van der Waals surface area contributed by atoms with Gasteiger partial charge < -0.3 is 4.90 Å². The van der Waals surface area contributed by atoms with Crippen LogP contribution in [0, 0.1) is 10.1 Å². The van der Waals surface area contributed by atoms with Crippen molar-refractivity contribution in [1.29, 1.82) is 0 Å². The number of nitro groups is 1. The van der Waals surface area contributed by atoms with Crippen LogP contribution in [0.15, 0.2) is 16.9 Å². The first-order chi connectivity index (χ1) is 7.68. The number of halogens is 3. The van der Waals surface area contributed by atoms with Crippen LogP contribution in [0.25, 0.3) is 0 Å². The van der Waals surface area contributed by atoms with Crippen LogP contribution in [-0.2, 0) is 0 Å². The number of aromatic nitrogens is 1. The summed E-state index contributed by atoms with van der Waals surface area (Å²) in [6.07, 6.45) is 4.71. The molecule has 5 nitrogen and oxygen atoms in total. The van der Waals surface area contributed by atoms with Gasteiger partial charge in [-0.2, -0.15) is 0 Å². The van der Waals surface area contributed by atoms with Crippen molar-refractivity contribution in [2.75, 3.05) is 18.0 Å². The maximum atomic E-state index is 10.9. The lowest BCUT2D eigenvalue weighted by Crippen LogP contribution is -2.30. The molecule has 1 aromatic rings. The Hall–Kier alpha value is -0.210. The first kappa shape index (κ1) is 17.8. The summed E-state index contributed by atoms with van der Waals surface area (Å²) in [6, 6.07) is 1.73. The second kappa shape index (κ2) is 8.06. The molecule has 0 bridgehead atoms. The third-order valence-electron chi connectivity index (χ3n) is 2.72. The summed E-state index contributed by atoms with van der Waals surface area (Å²) in [5.74, 6) is 0. The van der Waals surface area contributed by atoms with E-state index in [4.69, 9.17) is 0 Å². The molecule has 2 rings (SSSR count). The minimum absolute atomic E-state index is 0. The lowest BCUT2D eigenvalue weighted by molar-refractivity contribution is -0.384. The molecular formula is C10H14Br3N3O2. The van der Waals surface area contributed by atoms with E-state index >= 15 is 0 Å². The van der Waals surface area contributed by atoms with Crippen LogP contribution in [-0.4, -0.2) is 23.0 Å². The Kier molecular flexibility index (Phi) is 7.97. The Balaban J connectivity index is 0.00000144. The molecule has 1 aliphatic heterocycles. The van der Waals surface area contributed by atoms with Gasteiger partial charge in [-0.3, -0.25) is 10.1 Å². The minimum atomic E-state index is -0.372. The van der Waals surface area contributed by atoms with Gasteiger partial charge in [-0.15, -0.1) is 34.0 Å². The number of nitrogens with zero attached hydrogens (tertiary/aromatic N) is 3. The highest BCUT2D eigenvalue weighted by Crippen LogP contribution is 2.31. The van der Waals surface area contributed by atoms with Gasteiger partial charge in [-0.25, -0.2) is 4.98 Å². The molecule has 0 atom stereocenters. The fraction of sp³-hybridized carbons (Fsp3) is 0.500. The zero-order valence-corrected chi connectivity index (χ0v) is 14.6. The number of hydrogen-bond acceptors (Lipinski definition) is 4. The standard InChI is InChI=1S/C10H12BrN3O2.2BrH/c11-10-6-8(9(7-12-10)14(15)16)13-4-2-1-3-5-13;;/h6-7H,1-5H2;2*1H. The molecule has 1 aromatic heterocycles. The number of anilines is 1. The first-order valence-electron chi connectivity index (χ1n) is 5.23. The van der Waals surface area contributed by atoms with Gasteiger partial charge in [0.25, 0.3) is 0 Å². The average molecular weight is 448 g/mol. The monoisotopic (exact) mass is 445 g/mol. The van der Waals surface area contributed by atoms with Crippen LogP contribution in [0.2, 0.25) is 0 Å². The van der Waals surface area contributed by atoms with Gasteiger partial charge in [0, 0.05) is 19.2 Å². The Bertz CT molecular complexity index is 411. The average Bonchev–Trinajstić information content (AvgIpc) is 2.29. The van der Waals surface area contributed by atoms with E-state index in [1.54, 1.807) is 6.07 Å². The zero-order valence-electron chi connectivity index (χ0n) is 9.54. The molecule has 0 amide bonds. The number of pyridine rings is 1. The maximum Gasteiger partial charge on any atom is 0.310 e. The van der Waals surface area contributed by atoms with Crippen molar-refractivity contribution < 1.29 is 4.92 Å². The van der Waals surface area contributed by atoms with Gasteiger partial charge in [0.05, 0.1) is 4.92 Å². The maximum absolute atomic E-state index is 10.9. The van der Waals surface area contributed by atoms with Crippen LogP contribution in [0.4, 0.5) is 11.4 Å². The molecule has 0 unspecified atom stereocenters. The molecule has 1 saturated heterocycles. The summed E-state index contributed by atoms with van der Waals surface area (Å²) in [6.45, 7) is 1.77. The summed E-state index contributed by atoms with van der Waals surface area (Å²) >= 11 is 3.25. The lowest BCUT2D eigenvalue weighted by atomic mass is 10.1. The summed E-state index contributed by atoms with van der Waals surface area (Å²) < 4.78 is 0.638. The summed E-state index contributed by atoms with van der Waals surface area (Å²) in [5, 5.41) is 10.9. The molecule has 0 spiro atoms. The number of rotatable bonds is 2. The van der Waals surface area contributed by atoms with Crippen molar-refractivity contribution in [2.24, 2.45) is 0 Å². The van der Waals surface area contributed by atoms with E-state index in [1.807, 2.05) is 0 Å². The highest BCUT2D eigenvalue weighted by molar-refractivity contribution is 9.10. The number of piperidine rings is 1. The Labute approximate surface area is 135 Å². The fourth-order valence-electron chi connectivity index (χ4n) is 1.94. The van der Waals surface area contributed by atoms with Crippen LogP contribution < -0.4 is 4.90 Å². The third kappa shape index (κ3) is 4.17. The second-order valence-corrected chi connectivity index (χ2v) is 4.61. The highest BCUT2D eigenvalue weighted by atomic mass is 79.9. The van der Waals surface area contributed by atoms with E-state index in [1.165, 1.54) is 12.6 Å². The Morgan fingerprint density at radius 1 is 1.28 bits per heavy atom. The highest BCUT2D eigenvalue weighted by Gasteiger charge is 2.21.